The number of carbonyl (C=O) groups is 2. The summed E-state index contributed by atoms with van der Waals surface area (Å²) in [5, 5.41) is 5.95. The molecule has 1 aromatic carbocycles. The third-order valence-electron chi connectivity index (χ3n) is 5.83. The standard InChI is InChI=1S/C21H31N3O2/c1-4-15-6-5-9-24(13-15)21(2,3)14-22-19(25)11-16-7-8-17-12-20(26)23-18(17)10-16/h7-8,10,15H,4-6,9,11-14H2,1-3H3,(H,22,25)(H,23,26). The Hall–Kier alpha value is -1.88. The predicted octanol–water partition coefficient (Wildman–Crippen LogP) is 2.74. The Bertz CT molecular complexity index is 684. The van der Waals surface area contributed by atoms with E-state index in [4.69, 9.17) is 0 Å². The van der Waals surface area contributed by atoms with Crippen molar-refractivity contribution in [2.45, 2.75) is 58.4 Å². The molecule has 5 nitrogen and oxygen atoms in total. The zero-order valence-corrected chi connectivity index (χ0v) is 16.2. The second kappa shape index (κ2) is 7.78. The summed E-state index contributed by atoms with van der Waals surface area (Å²) in [4.78, 5) is 26.4. The monoisotopic (exact) mass is 357 g/mol. The van der Waals surface area contributed by atoms with Gasteiger partial charge in [-0.2, -0.15) is 0 Å². The zero-order valence-electron chi connectivity index (χ0n) is 16.2. The molecule has 0 aromatic heterocycles. The number of anilines is 1. The van der Waals surface area contributed by atoms with E-state index in [1.807, 2.05) is 18.2 Å². The van der Waals surface area contributed by atoms with Crippen LogP contribution in [0.1, 0.15) is 51.2 Å². The Morgan fingerprint density at radius 3 is 2.96 bits per heavy atom. The first-order valence-corrected chi connectivity index (χ1v) is 9.81. The second-order valence-electron chi connectivity index (χ2n) is 8.34. The lowest BCUT2D eigenvalue weighted by Crippen LogP contribution is -2.55. The van der Waals surface area contributed by atoms with Gasteiger partial charge in [-0.05, 0) is 56.3 Å². The Labute approximate surface area is 156 Å². The Balaban J connectivity index is 1.52. The number of likely N-dealkylation sites (tertiary alicyclic amines) is 1. The van der Waals surface area contributed by atoms with Crippen LogP contribution in [0.25, 0.3) is 0 Å². The summed E-state index contributed by atoms with van der Waals surface area (Å²) < 4.78 is 0. The number of hydrogen-bond donors (Lipinski definition) is 2. The average Bonchev–Trinajstić information content (AvgIpc) is 2.99. The largest absolute Gasteiger partial charge is 0.354 e. The minimum absolute atomic E-state index is 0.0234. The van der Waals surface area contributed by atoms with Crippen LogP contribution in [0.4, 0.5) is 5.69 Å². The minimum atomic E-state index is -0.0323. The van der Waals surface area contributed by atoms with Crippen molar-refractivity contribution in [3.63, 3.8) is 0 Å². The van der Waals surface area contributed by atoms with Gasteiger partial charge in [0.15, 0.2) is 0 Å². The molecule has 0 radical (unpaired) electrons. The van der Waals surface area contributed by atoms with Gasteiger partial charge in [0.05, 0.1) is 12.8 Å². The van der Waals surface area contributed by atoms with E-state index in [0.29, 0.717) is 19.4 Å². The normalized spacial score (nSPS) is 20.6. The summed E-state index contributed by atoms with van der Waals surface area (Å²) in [6, 6.07) is 5.81. The van der Waals surface area contributed by atoms with Crippen LogP contribution in [-0.4, -0.2) is 41.9 Å². The molecule has 1 atom stereocenters. The van der Waals surface area contributed by atoms with E-state index in [0.717, 1.165) is 35.8 Å². The van der Waals surface area contributed by atoms with Crippen LogP contribution in [0.2, 0.25) is 0 Å². The number of rotatable bonds is 6. The topological polar surface area (TPSA) is 61.4 Å². The van der Waals surface area contributed by atoms with E-state index in [1.54, 1.807) is 0 Å². The van der Waals surface area contributed by atoms with Gasteiger partial charge < -0.3 is 10.6 Å². The Morgan fingerprint density at radius 2 is 2.19 bits per heavy atom. The predicted molar refractivity (Wildman–Crippen MR) is 104 cm³/mol. The molecule has 2 aliphatic heterocycles. The van der Waals surface area contributed by atoms with Crippen LogP contribution in [-0.2, 0) is 22.4 Å². The van der Waals surface area contributed by atoms with E-state index >= 15 is 0 Å². The Kier molecular flexibility index (Phi) is 5.66. The molecule has 2 N–H and O–H groups in total. The fourth-order valence-electron chi connectivity index (χ4n) is 3.99. The SMILES string of the molecule is CCC1CCCN(C(C)(C)CNC(=O)Cc2ccc3c(c2)NC(=O)C3)C1. The lowest BCUT2D eigenvalue weighted by Gasteiger charge is -2.43. The average molecular weight is 357 g/mol. The van der Waals surface area contributed by atoms with Crippen molar-refractivity contribution in [3.8, 4) is 0 Å². The quantitative estimate of drug-likeness (QED) is 0.823. The molecule has 1 unspecified atom stereocenters. The van der Waals surface area contributed by atoms with Crippen LogP contribution in [0.15, 0.2) is 18.2 Å². The Morgan fingerprint density at radius 1 is 1.38 bits per heavy atom. The second-order valence-corrected chi connectivity index (χ2v) is 8.34. The minimum Gasteiger partial charge on any atom is -0.354 e. The van der Waals surface area contributed by atoms with Gasteiger partial charge in [0.1, 0.15) is 0 Å². The molecule has 0 spiro atoms. The summed E-state index contributed by atoms with van der Waals surface area (Å²) in [5.41, 5.74) is 2.76. The molecular formula is C21H31N3O2. The van der Waals surface area contributed by atoms with Crippen molar-refractivity contribution in [1.29, 1.82) is 0 Å². The fourth-order valence-corrected chi connectivity index (χ4v) is 3.99. The molecule has 2 amide bonds. The molecule has 1 aromatic rings. The van der Waals surface area contributed by atoms with Gasteiger partial charge in [-0.1, -0.05) is 25.5 Å². The number of nitrogens with one attached hydrogen (secondary N) is 2. The first kappa shape index (κ1) is 18.9. The fraction of sp³-hybridized carbons (Fsp3) is 0.619. The van der Waals surface area contributed by atoms with Crippen molar-refractivity contribution in [1.82, 2.24) is 10.2 Å². The van der Waals surface area contributed by atoms with Crippen LogP contribution < -0.4 is 10.6 Å². The molecule has 1 saturated heterocycles. The molecule has 0 bridgehead atoms. The van der Waals surface area contributed by atoms with Gasteiger partial charge in [0, 0.05) is 24.3 Å². The zero-order chi connectivity index (χ0) is 18.7. The van der Waals surface area contributed by atoms with E-state index < -0.39 is 0 Å². The molecule has 2 heterocycles. The molecule has 26 heavy (non-hydrogen) atoms. The third kappa shape index (κ3) is 4.44. The maximum Gasteiger partial charge on any atom is 0.228 e. The maximum absolute atomic E-state index is 12.4. The molecule has 5 heteroatoms. The third-order valence-corrected chi connectivity index (χ3v) is 5.83. The van der Waals surface area contributed by atoms with Gasteiger partial charge in [-0.3, -0.25) is 14.5 Å². The number of piperidine rings is 1. The van der Waals surface area contributed by atoms with Gasteiger partial charge in [0.2, 0.25) is 11.8 Å². The van der Waals surface area contributed by atoms with E-state index in [9.17, 15) is 9.59 Å². The van der Waals surface area contributed by atoms with Gasteiger partial charge in [0.25, 0.3) is 0 Å². The van der Waals surface area contributed by atoms with Crippen molar-refractivity contribution >= 4 is 17.5 Å². The summed E-state index contributed by atoms with van der Waals surface area (Å²) in [7, 11) is 0. The molecular weight excluding hydrogens is 326 g/mol. The van der Waals surface area contributed by atoms with Crippen molar-refractivity contribution < 1.29 is 9.59 Å². The highest BCUT2D eigenvalue weighted by Crippen LogP contribution is 2.26. The number of carbonyl (C=O) groups excluding carboxylic acids is 2. The highest BCUT2D eigenvalue weighted by molar-refractivity contribution is 5.99. The first-order valence-electron chi connectivity index (χ1n) is 9.81. The molecule has 142 valence electrons. The van der Waals surface area contributed by atoms with Crippen molar-refractivity contribution in [3.05, 3.63) is 29.3 Å². The summed E-state index contributed by atoms with van der Waals surface area (Å²) in [5.74, 6) is 0.835. The molecule has 3 rings (SSSR count). The van der Waals surface area contributed by atoms with Crippen LogP contribution in [0, 0.1) is 5.92 Å². The number of benzene rings is 1. The lowest BCUT2D eigenvalue weighted by molar-refractivity contribution is -0.121. The van der Waals surface area contributed by atoms with E-state index in [1.165, 1.54) is 19.3 Å². The lowest BCUT2D eigenvalue weighted by atomic mass is 9.91. The smallest absolute Gasteiger partial charge is 0.228 e. The van der Waals surface area contributed by atoms with Gasteiger partial charge in [-0.25, -0.2) is 0 Å². The van der Waals surface area contributed by atoms with Crippen LogP contribution in [0.5, 0.6) is 0 Å². The maximum atomic E-state index is 12.4. The summed E-state index contributed by atoms with van der Waals surface area (Å²) in [6.07, 6.45) is 4.58. The van der Waals surface area contributed by atoms with Crippen LogP contribution in [0.3, 0.4) is 0 Å². The summed E-state index contributed by atoms with van der Waals surface area (Å²) in [6.45, 7) is 9.60. The summed E-state index contributed by atoms with van der Waals surface area (Å²) >= 11 is 0. The van der Waals surface area contributed by atoms with E-state index in [-0.39, 0.29) is 17.4 Å². The van der Waals surface area contributed by atoms with Crippen LogP contribution >= 0.6 is 0 Å². The highest BCUT2D eigenvalue weighted by Gasteiger charge is 2.31. The van der Waals surface area contributed by atoms with Gasteiger partial charge in [-0.15, -0.1) is 0 Å². The number of amides is 2. The van der Waals surface area contributed by atoms with Crippen molar-refractivity contribution in [2.75, 3.05) is 25.0 Å². The number of hydrogen-bond acceptors (Lipinski definition) is 3. The van der Waals surface area contributed by atoms with Crippen molar-refractivity contribution in [2.24, 2.45) is 5.92 Å². The van der Waals surface area contributed by atoms with Gasteiger partial charge >= 0.3 is 0 Å². The molecule has 2 aliphatic rings. The first-order chi connectivity index (χ1) is 12.4. The number of fused-ring (bicyclic) bond motifs is 1. The molecule has 0 aliphatic carbocycles. The van der Waals surface area contributed by atoms with E-state index in [2.05, 4.69) is 36.3 Å². The number of nitrogens with zero attached hydrogens (tertiary/aromatic N) is 1. The highest BCUT2D eigenvalue weighted by atomic mass is 16.2. The molecule has 0 saturated carbocycles. The molecule has 1 fully saturated rings.